The van der Waals surface area contributed by atoms with Crippen molar-refractivity contribution in [2.45, 2.75) is 12.5 Å². The SMILES string of the molecule is COc1cc2nc(O)c(C(=O)CC(Nc3cccc4ccccc34)c3ccc(Cl)cc3)c(O)c2cc1OC. The zero-order chi connectivity index (χ0) is 26.8. The summed E-state index contributed by atoms with van der Waals surface area (Å²) in [6, 6.07) is 23.6. The first-order valence-electron chi connectivity index (χ1n) is 11.9. The van der Waals surface area contributed by atoms with Crippen LogP contribution in [0.1, 0.15) is 28.4 Å². The fraction of sp³-hybridized carbons (Fsp3) is 0.133. The van der Waals surface area contributed by atoms with Crippen LogP contribution in [0.15, 0.2) is 78.9 Å². The zero-order valence-corrected chi connectivity index (χ0v) is 21.5. The summed E-state index contributed by atoms with van der Waals surface area (Å²) in [6.45, 7) is 0. The molecule has 0 amide bonds. The predicted octanol–water partition coefficient (Wildman–Crippen LogP) is 6.90. The van der Waals surface area contributed by atoms with E-state index in [4.69, 9.17) is 21.1 Å². The van der Waals surface area contributed by atoms with Crippen molar-refractivity contribution in [1.29, 1.82) is 0 Å². The van der Waals surface area contributed by atoms with E-state index in [0.717, 1.165) is 22.0 Å². The number of hydrogen-bond acceptors (Lipinski definition) is 7. The van der Waals surface area contributed by atoms with Gasteiger partial charge in [0.1, 0.15) is 11.3 Å². The van der Waals surface area contributed by atoms with Crippen molar-refractivity contribution >= 4 is 44.7 Å². The number of halogens is 1. The molecule has 1 atom stereocenters. The Balaban J connectivity index is 1.55. The molecule has 0 radical (unpaired) electrons. The van der Waals surface area contributed by atoms with Crippen molar-refractivity contribution in [2.75, 3.05) is 19.5 Å². The Hall–Kier alpha value is -4.49. The van der Waals surface area contributed by atoms with Crippen LogP contribution in [0, 0.1) is 0 Å². The van der Waals surface area contributed by atoms with Crippen LogP contribution in [0.3, 0.4) is 0 Å². The van der Waals surface area contributed by atoms with Crippen molar-refractivity contribution in [2.24, 2.45) is 0 Å². The summed E-state index contributed by atoms with van der Waals surface area (Å²) < 4.78 is 10.6. The molecular formula is C30H25ClN2O5. The highest BCUT2D eigenvalue weighted by Crippen LogP contribution is 2.41. The molecule has 1 heterocycles. The molecule has 192 valence electrons. The van der Waals surface area contributed by atoms with Gasteiger partial charge >= 0.3 is 0 Å². The van der Waals surface area contributed by atoms with E-state index in [9.17, 15) is 15.0 Å². The minimum absolute atomic E-state index is 0.0769. The molecular weight excluding hydrogens is 504 g/mol. The highest BCUT2D eigenvalue weighted by atomic mass is 35.5. The maximum absolute atomic E-state index is 13.6. The number of carbonyl (C=O) groups excluding carboxylic acids is 1. The normalized spacial score (nSPS) is 11.9. The molecule has 0 aliphatic rings. The fourth-order valence-electron chi connectivity index (χ4n) is 4.59. The largest absolute Gasteiger partial charge is 0.506 e. The van der Waals surface area contributed by atoms with Gasteiger partial charge < -0.3 is 25.0 Å². The van der Waals surface area contributed by atoms with Gasteiger partial charge in [0.05, 0.1) is 25.8 Å². The number of ketones is 1. The minimum atomic E-state index is -0.563. The summed E-state index contributed by atoms with van der Waals surface area (Å²) in [5.74, 6) is -0.687. The number of hydrogen-bond donors (Lipinski definition) is 3. The number of aromatic hydroxyl groups is 2. The van der Waals surface area contributed by atoms with Crippen molar-refractivity contribution in [3.05, 3.63) is 95.0 Å². The number of Topliss-reactive ketones (excluding diaryl/α,β-unsaturated/α-hetero) is 1. The topological polar surface area (TPSA) is 101 Å². The molecule has 7 nitrogen and oxygen atoms in total. The standard InChI is InChI=1S/C30H25ClN2O5/c1-37-26-14-21-24(16-27(26)38-2)33-30(36)28(29(21)35)25(34)15-23(18-10-12-19(31)13-11-18)32-22-9-5-7-17-6-3-4-8-20(17)22/h3-14,16,23,32H,15H2,1-2H3,(H2,33,35,36). The minimum Gasteiger partial charge on any atom is -0.506 e. The lowest BCUT2D eigenvalue weighted by atomic mass is 9.96. The van der Waals surface area contributed by atoms with Gasteiger partial charge in [0, 0.05) is 34.0 Å². The molecule has 4 aromatic carbocycles. The number of rotatable bonds is 8. The molecule has 0 fully saturated rings. The number of fused-ring (bicyclic) bond motifs is 2. The number of benzene rings is 4. The lowest BCUT2D eigenvalue weighted by Crippen LogP contribution is -2.16. The Morgan fingerprint density at radius 2 is 1.61 bits per heavy atom. The molecule has 1 unspecified atom stereocenters. The maximum atomic E-state index is 13.6. The van der Waals surface area contributed by atoms with Crippen LogP contribution in [-0.2, 0) is 0 Å². The smallest absolute Gasteiger partial charge is 0.226 e. The molecule has 0 spiro atoms. The third-order valence-electron chi connectivity index (χ3n) is 6.50. The van der Waals surface area contributed by atoms with Crippen LogP contribution < -0.4 is 14.8 Å². The first-order chi connectivity index (χ1) is 18.4. The lowest BCUT2D eigenvalue weighted by molar-refractivity contribution is 0.0970. The Morgan fingerprint density at radius 3 is 2.34 bits per heavy atom. The molecule has 38 heavy (non-hydrogen) atoms. The van der Waals surface area contributed by atoms with E-state index >= 15 is 0 Å². The number of nitrogens with zero attached hydrogens (tertiary/aromatic N) is 1. The summed E-state index contributed by atoms with van der Waals surface area (Å²) in [7, 11) is 2.94. The number of aromatic nitrogens is 1. The van der Waals surface area contributed by atoms with Gasteiger partial charge in [0.25, 0.3) is 0 Å². The van der Waals surface area contributed by atoms with E-state index in [1.807, 2.05) is 54.6 Å². The molecule has 0 saturated carbocycles. The Bertz CT molecular complexity index is 1650. The summed E-state index contributed by atoms with van der Waals surface area (Å²) in [4.78, 5) is 17.8. The second-order valence-electron chi connectivity index (χ2n) is 8.79. The molecule has 3 N–H and O–H groups in total. The monoisotopic (exact) mass is 528 g/mol. The average molecular weight is 529 g/mol. The van der Waals surface area contributed by atoms with Gasteiger partial charge in [-0.05, 0) is 35.2 Å². The third kappa shape index (κ3) is 4.76. The predicted molar refractivity (Wildman–Crippen MR) is 149 cm³/mol. The first-order valence-corrected chi connectivity index (χ1v) is 12.3. The molecule has 1 aromatic heterocycles. The van der Waals surface area contributed by atoms with Gasteiger partial charge in [-0.1, -0.05) is 60.1 Å². The van der Waals surface area contributed by atoms with Gasteiger partial charge in [-0.15, -0.1) is 0 Å². The Kier molecular flexibility index (Phi) is 6.94. The van der Waals surface area contributed by atoms with Gasteiger partial charge in [0.15, 0.2) is 17.3 Å². The Morgan fingerprint density at radius 1 is 0.921 bits per heavy atom. The van der Waals surface area contributed by atoms with E-state index in [1.165, 1.54) is 26.4 Å². The van der Waals surface area contributed by atoms with E-state index in [1.54, 1.807) is 12.1 Å². The summed E-state index contributed by atoms with van der Waals surface area (Å²) in [5.41, 5.74) is 1.66. The second kappa shape index (κ2) is 10.5. The van der Waals surface area contributed by atoms with Crippen molar-refractivity contribution in [3.8, 4) is 23.1 Å². The van der Waals surface area contributed by atoms with Gasteiger partial charge in [-0.25, -0.2) is 4.98 Å². The number of carbonyl (C=O) groups is 1. The molecule has 8 heteroatoms. The quantitative estimate of drug-likeness (QED) is 0.188. The van der Waals surface area contributed by atoms with E-state index in [0.29, 0.717) is 16.5 Å². The maximum Gasteiger partial charge on any atom is 0.226 e. The fourth-order valence-corrected chi connectivity index (χ4v) is 4.72. The van der Waals surface area contributed by atoms with Crippen molar-refractivity contribution in [3.63, 3.8) is 0 Å². The number of nitrogens with one attached hydrogen (secondary N) is 1. The van der Waals surface area contributed by atoms with Crippen molar-refractivity contribution < 1.29 is 24.5 Å². The van der Waals surface area contributed by atoms with Crippen LogP contribution >= 0.6 is 11.6 Å². The molecule has 0 bridgehead atoms. The number of methoxy groups -OCH3 is 2. The van der Waals surface area contributed by atoms with Crippen LogP contribution in [0.2, 0.25) is 5.02 Å². The van der Waals surface area contributed by atoms with E-state index in [2.05, 4.69) is 10.3 Å². The zero-order valence-electron chi connectivity index (χ0n) is 20.7. The van der Waals surface area contributed by atoms with Crippen LogP contribution in [0.5, 0.6) is 23.1 Å². The first kappa shape index (κ1) is 25.2. The van der Waals surface area contributed by atoms with Gasteiger partial charge in [-0.2, -0.15) is 0 Å². The summed E-state index contributed by atoms with van der Waals surface area (Å²) in [6.07, 6.45) is -0.0769. The highest BCUT2D eigenvalue weighted by Gasteiger charge is 2.26. The van der Waals surface area contributed by atoms with E-state index in [-0.39, 0.29) is 28.6 Å². The lowest BCUT2D eigenvalue weighted by Gasteiger charge is -2.22. The van der Waals surface area contributed by atoms with Crippen LogP contribution in [0.25, 0.3) is 21.7 Å². The number of ether oxygens (including phenoxy) is 2. The molecule has 5 aromatic rings. The van der Waals surface area contributed by atoms with Crippen LogP contribution in [0.4, 0.5) is 5.69 Å². The van der Waals surface area contributed by atoms with Gasteiger partial charge in [0.2, 0.25) is 5.88 Å². The second-order valence-corrected chi connectivity index (χ2v) is 9.22. The summed E-state index contributed by atoms with van der Waals surface area (Å²) >= 11 is 6.12. The molecule has 0 saturated heterocycles. The Labute approximate surface area is 224 Å². The average Bonchev–Trinajstić information content (AvgIpc) is 2.92. The number of pyridine rings is 1. The molecule has 5 rings (SSSR count). The molecule has 0 aliphatic carbocycles. The number of anilines is 1. The van der Waals surface area contributed by atoms with Crippen LogP contribution in [-0.4, -0.2) is 35.2 Å². The van der Waals surface area contributed by atoms with E-state index < -0.39 is 17.7 Å². The van der Waals surface area contributed by atoms with Crippen molar-refractivity contribution in [1.82, 2.24) is 4.98 Å². The molecule has 0 aliphatic heterocycles. The third-order valence-corrected chi connectivity index (χ3v) is 6.76. The van der Waals surface area contributed by atoms with Gasteiger partial charge in [-0.3, -0.25) is 4.79 Å². The summed E-state index contributed by atoms with van der Waals surface area (Å²) in [5, 5.41) is 28.1. The highest BCUT2D eigenvalue weighted by molar-refractivity contribution is 6.30.